The van der Waals surface area contributed by atoms with Crippen LogP contribution in [0.4, 0.5) is 5.69 Å². The fraction of sp³-hybridized carbons (Fsp3) is 0.333. The Morgan fingerprint density at radius 1 is 0.774 bits per heavy atom. The van der Waals surface area contributed by atoms with Crippen LogP contribution in [0.5, 0.6) is 0 Å². The van der Waals surface area contributed by atoms with Crippen molar-refractivity contribution >= 4 is 29.6 Å². The largest absolute Gasteiger partial charge is 0.419 e. The smallest absolute Gasteiger partial charge is 0.350 e. The van der Waals surface area contributed by atoms with E-state index >= 15 is 0 Å². The van der Waals surface area contributed by atoms with E-state index in [1.165, 1.54) is 40.1 Å². The molecule has 0 amide bonds. The number of anilines is 1. The minimum absolute atomic E-state index is 0.240. The summed E-state index contributed by atoms with van der Waals surface area (Å²) in [6.45, 7) is 6.14. The lowest BCUT2D eigenvalue weighted by Crippen LogP contribution is -2.42. The Kier molecular flexibility index (Phi) is 5.74. The zero-order valence-corrected chi connectivity index (χ0v) is 17.4. The number of ether oxygens (including phenoxy) is 4. The van der Waals surface area contributed by atoms with E-state index in [9.17, 15) is 19.2 Å². The zero-order valence-electron chi connectivity index (χ0n) is 17.4. The fourth-order valence-corrected chi connectivity index (χ4v) is 2.75. The van der Waals surface area contributed by atoms with E-state index in [1.807, 2.05) is 0 Å². The van der Waals surface area contributed by atoms with Gasteiger partial charge in [0.25, 0.3) is 11.6 Å². The summed E-state index contributed by atoms with van der Waals surface area (Å²) < 4.78 is 20.1. The van der Waals surface area contributed by atoms with Crippen LogP contribution in [0.25, 0.3) is 0 Å². The number of carbonyl (C=O) groups excluding carboxylic acids is 4. The summed E-state index contributed by atoms with van der Waals surface area (Å²) in [6, 6.07) is 7.01. The highest BCUT2D eigenvalue weighted by atomic mass is 16.7. The van der Waals surface area contributed by atoms with Gasteiger partial charge in [0.05, 0.1) is 0 Å². The van der Waals surface area contributed by atoms with Crippen molar-refractivity contribution in [3.63, 3.8) is 0 Å². The molecule has 2 N–H and O–H groups in total. The first kappa shape index (κ1) is 21.9. The Morgan fingerprint density at radius 3 is 1.77 bits per heavy atom. The molecule has 2 saturated heterocycles. The van der Waals surface area contributed by atoms with Crippen molar-refractivity contribution in [2.45, 2.75) is 45.8 Å². The highest BCUT2D eigenvalue weighted by Gasteiger charge is 2.39. The Morgan fingerprint density at radius 2 is 1.26 bits per heavy atom. The average molecular weight is 430 g/mol. The molecule has 2 fully saturated rings. The first-order valence-corrected chi connectivity index (χ1v) is 9.38. The number of esters is 4. The Bertz CT molecular complexity index is 962. The van der Waals surface area contributed by atoms with Crippen molar-refractivity contribution in [2.24, 2.45) is 0 Å². The molecule has 0 bridgehead atoms. The highest BCUT2D eigenvalue weighted by molar-refractivity contribution is 6.16. The molecule has 0 aromatic heterocycles. The van der Waals surface area contributed by atoms with Gasteiger partial charge in [0.2, 0.25) is 0 Å². The van der Waals surface area contributed by atoms with E-state index in [-0.39, 0.29) is 17.7 Å². The van der Waals surface area contributed by atoms with E-state index in [1.54, 1.807) is 24.3 Å². The Hall–Kier alpha value is -3.82. The molecule has 31 heavy (non-hydrogen) atoms. The van der Waals surface area contributed by atoms with Crippen molar-refractivity contribution in [1.82, 2.24) is 5.32 Å². The van der Waals surface area contributed by atoms with Gasteiger partial charge in [-0.1, -0.05) is 12.1 Å². The third kappa shape index (κ3) is 5.41. The first-order valence-electron chi connectivity index (χ1n) is 9.38. The number of hydrogen-bond acceptors (Lipinski definition) is 10. The quantitative estimate of drug-likeness (QED) is 0.404. The Balaban J connectivity index is 1.62. The topological polar surface area (TPSA) is 129 Å². The van der Waals surface area contributed by atoms with Crippen molar-refractivity contribution in [3.8, 4) is 0 Å². The first-order chi connectivity index (χ1) is 14.5. The van der Waals surface area contributed by atoms with Crippen molar-refractivity contribution in [1.29, 1.82) is 0 Å². The van der Waals surface area contributed by atoms with E-state index in [0.29, 0.717) is 5.69 Å². The van der Waals surface area contributed by atoms with Gasteiger partial charge in [-0.05, 0) is 17.7 Å². The molecule has 0 atom stereocenters. The molecule has 2 aliphatic heterocycles. The van der Waals surface area contributed by atoms with Crippen LogP contribution in [0, 0.1) is 0 Å². The van der Waals surface area contributed by atoms with Gasteiger partial charge < -0.3 is 29.6 Å². The molecule has 3 rings (SSSR count). The summed E-state index contributed by atoms with van der Waals surface area (Å²) in [6.07, 6.45) is 2.45. The molecule has 1 aromatic rings. The molecule has 2 heterocycles. The predicted octanol–water partition coefficient (Wildman–Crippen LogP) is 1.63. The summed E-state index contributed by atoms with van der Waals surface area (Å²) in [5, 5.41) is 5.71. The minimum Gasteiger partial charge on any atom is -0.419 e. The predicted molar refractivity (Wildman–Crippen MR) is 106 cm³/mol. The lowest BCUT2D eigenvalue weighted by atomic mass is 10.2. The van der Waals surface area contributed by atoms with Crippen molar-refractivity contribution in [3.05, 3.63) is 53.4 Å². The molecule has 0 saturated carbocycles. The molecule has 2 aliphatic rings. The SMILES string of the molecule is CC1(C)OC(=O)C(=CNCc2cccc(NC=C3C(=O)OC(C)(C)OC3=O)c2)C(=O)O1. The lowest BCUT2D eigenvalue weighted by Gasteiger charge is -2.29. The summed E-state index contributed by atoms with van der Waals surface area (Å²) in [5.41, 5.74) is 0.872. The van der Waals surface area contributed by atoms with E-state index in [4.69, 9.17) is 18.9 Å². The third-order valence-electron chi connectivity index (χ3n) is 4.10. The van der Waals surface area contributed by atoms with E-state index in [2.05, 4.69) is 10.6 Å². The second-order valence-electron chi connectivity index (χ2n) is 7.70. The molecular weight excluding hydrogens is 408 g/mol. The standard InChI is InChI=1S/C21H22N2O8/c1-20(2)28-16(24)14(17(25)29-20)10-22-9-12-6-5-7-13(8-12)23-11-15-18(26)30-21(3,4)31-19(15)27/h5-8,10-11,22-23H,9H2,1-4H3. The van der Waals surface area contributed by atoms with E-state index < -0.39 is 35.5 Å². The molecule has 0 spiro atoms. The lowest BCUT2D eigenvalue weighted by molar-refractivity contribution is -0.224. The molecule has 0 aliphatic carbocycles. The molecule has 10 nitrogen and oxygen atoms in total. The maximum atomic E-state index is 12.0. The van der Waals surface area contributed by atoms with Crippen LogP contribution in [-0.4, -0.2) is 35.5 Å². The summed E-state index contributed by atoms with van der Waals surface area (Å²) in [7, 11) is 0. The van der Waals surface area contributed by atoms with Gasteiger partial charge in [0, 0.05) is 52.3 Å². The molecule has 0 radical (unpaired) electrons. The number of carbonyl (C=O) groups is 4. The zero-order chi connectivity index (χ0) is 22.8. The molecule has 1 aromatic carbocycles. The number of nitrogens with one attached hydrogen (secondary N) is 2. The molecule has 10 heteroatoms. The maximum Gasteiger partial charge on any atom is 0.350 e. The van der Waals surface area contributed by atoms with Gasteiger partial charge in [0.15, 0.2) is 11.1 Å². The number of rotatable bonds is 5. The number of benzene rings is 1. The van der Waals surface area contributed by atoms with Crippen LogP contribution in [0.15, 0.2) is 47.8 Å². The van der Waals surface area contributed by atoms with Gasteiger partial charge in [-0.15, -0.1) is 0 Å². The van der Waals surface area contributed by atoms with Crippen LogP contribution >= 0.6 is 0 Å². The Labute approximate surface area is 178 Å². The monoisotopic (exact) mass is 430 g/mol. The van der Waals surface area contributed by atoms with Gasteiger partial charge in [-0.3, -0.25) is 0 Å². The number of cyclic esters (lactones) is 4. The third-order valence-corrected chi connectivity index (χ3v) is 4.10. The number of hydrogen-bond donors (Lipinski definition) is 2. The summed E-state index contributed by atoms with van der Waals surface area (Å²) in [4.78, 5) is 47.8. The highest BCUT2D eigenvalue weighted by Crippen LogP contribution is 2.23. The van der Waals surface area contributed by atoms with Crippen LogP contribution in [0.2, 0.25) is 0 Å². The van der Waals surface area contributed by atoms with Gasteiger partial charge >= 0.3 is 23.9 Å². The van der Waals surface area contributed by atoms with Crippen LogP contribution in [0.1, 0.15) is 33.3 Å². The average Bonchev–Trinajstić information content (AvgIpc) is 2.62. The molecular formula is C21H22N2O8. The second-order valence-corrected chi connectivity index (χ2v) is 7.70. The van der Waals surface area contributed by atoms with Crippen molar-refractivity contribution in [2.75, 3.05) is 5.32 Å². The minimum atomic E-state index is -1.31. The molecule has 0 unspecified atom stereocenters. The normalized spacial score (nSPS) is 19.5. The van der Waals surface area contributed by atoms with Gasteiger partial charge in [0.1, 0.15) is 0 Å². The maximum absolute atomic E-state index is 12.0. The van der Waals surface area contributed by atoms with Crippen LogP contribution in [0.3, 0.4) is 0 Å². The fourth-order valence-electron chi connectivity index (χ4n) is 2.75. The van der Waals surface area contributed by atoms with Gasteiger partial charge in [-0.25, -0.2) is 19.2 Å². The van der Waals surface area contributed by atoms with Gasteiger partial charge in [-0.2, -0.15) is 0 Å². The summed E-state index contributed by atoms with van der Waals surface area (Å²) in [5.74, 6) is -5.72. The van der Waals surface area contributed by atoms with E-state index in [0.717, 1.165) is 5.56 Å². The second kappa shape index (κ2) is 8.13. The van der Waals surface area contributed by atoms with Crippen molar-refractivity contribution < 1.29 is 38.1 Å². The molecule has 164 valence electrons. The van der Waals surface area contributed by atoms with Crippen LogP contribution in [-0.2, 0) is 44.7 Å². The summed E-state index contributed by atoms with van der Waals surface area (Å²) >= 11 is 0. The van der Waals surface area contributed by atoms with Crippen LogP contribution < -0.4 is 10.6 Å².